The monoisotopic (exact) mass is 662 g/mol. The van der Waals surface area contributed by atoms with Crippen molar-refractivity contribution in [1.82, 2.24) is 9.97 Å². The minimum Gasteiger partial charge on any atom is -0.535 e. The quantitative estimate of drug-likeness (QED) is 0.169. The molecule has 37 heavy (non-hydrogen) atoms. The fraction of sp³-hybridized carbons (Fsp3) is 0.0667. The number of anilines is 2. The normalized spacial score (nSPS) is 11.9. The van der Waals surface area contributed by atoms with Gasteiger partial charge in [-0.1, -0.05) is 53.2 Å². The number of rotatable bonds is 5. The van der Waals surface area contributed by atoms with E-state index in [1.54, 1.807) is 12.4 Å². The van der Waals surface area contributed by atoms with Gasteiger partial charge in [0.15, 0.2) is 5.82 Å². The zero-order chi connectivity index (χ0) is 24.5. The van der Waals surface area contributed by atoms with Gasteiger partial charge in [0, 0.05) is 23.9 Å². The SMILES string of the molecule is Cc1cccc(C)c1B1Oc2cccnc2N1c1[c-]c(Oc2[c-]c(-c3ccccn3)ccc2)ccc1.[Pt+2]. The van der Waals surface area contributed by atoms with Crippen LogP contribution in [0.3, 0.4) is 0 Å². The summed E-state index contributed by atoms with van der Waals surface area (Å²) in [5, 5.41) is 0. The molecule has 0 saturated carbocycles. The van der Waals surface area contributed by atoms with Crippen molar-refractivity contribution >= 4 is 24.0 Å². The smallest absolute Gasteiger partial charge is 0.535 e. The second-order valence-electron chi connectivity index (χ2n) is 8.62. The number of pyridine rings is 2. The van der Waals surface area contributed by atoms with Crippen molar-refractivity contribution in [2.45, 2.75) is 13.8 Å². The van der Waals surface area contributed by atoms with Gasteiger partial charge in [-0.2, -0.15) is 6.07 Å². The van der Waals surface area contributed by atoms with Crippen LogP contribution in [0.15, 0.2) is 97.3 Å². The van der Waals surface area contributed by atoms with Crippen LogP contribution >= 0.6 is 0 Å². The number of benzene rings is 3. The zero-order valence-electron chi connectivity index (χ0n) is 20.3. The second-order valence-corrected chi connectivity index (χ2v) is 8.62. The molecule has 2 aromatic heterocycles. The molecule has 1 aliphatic heterocycles. The minimum absolute atomic E-state index is 0. The Labute approximate surface area is 231 Å². The number of ether oxygens (including phenoxy) is 1. The molecule has 0 radical (unpaired) electrons. The van der Waals surface area contributed by atoms with Crippen LogP contribution in [0, 0.1) is 26.0 Å². The molecule has 0 bridgehead atoms. The molecule has 0 spiro atoms. The van der Waals surface area contributed by atoms with E-state index in [9.17, 15) is 0 Å². The average Bonchev–Trinajstić information content (AvgIpc) is 3.28. The standard InChI is InChI=1S/C30H22BN3O2.Pt/c1-21-9-5-10-22(2)29(21)31-34(30-28(36-31)16-8-18-33-30)24-12-7-14-26(20-24)35-25-13-6-11-23(19-25)27-15-3-4-17-32-27;/h3-18H,1-2H3;/q-2;+2. The summed E-state index contributed by atoms with van der Waals surface area (Å²) in [6, 6.07) is 34.2. The van der Waals surface area contributed by atoms with Gasteiger partial charge in [0.1, 0.15) is 5.75 Å². The van der Waals surface area contributed by atoms with Crippen molar-refractivity contribution in [3.8, 4) is 28.5 Å². The van der Waals surface area contributed by atoms with Crippen LogP contribution in [0.1, 0.15) is 11.1 Å². The molecule has 7 heteroatoms. The summed E-state index contributed by atoms with van der Waals surface area (Å²) in [6.07, 6.45) is 3.55. The third-order valence-electron chi connectivity index (χ3n) is 6.18. The predicted molar refractivity (Wildman–Crippen MR) is 142 cm³/mol. The fourth-order valence-corrected chi connectivity index (χ4v) is 4.52. The molecule has 0 unspecified atom stereocenters. The molecule has 0 atom stereocenters. The number of nitrogens with zero attached hydrogens (tertiary/aromatic N) is 3. The van der Waals surface area contributed by atoms with E-state index in [2.05, 4.69) is 59.0 Å². The molecule has 0 saturated heterocycles. The van der Waals surface area contributed by atoms with E-state index in [1.165, 1.54) is 0 Å². The molecule has 182 valence electrons. The first-order valence-electron chi connectivity index (χ1n) is 11.8. The van der Waals surface area contributed by atoms with Crippen molar-refractivity contribution in [3.63, 3.8) is 0 Å². The number of hydrogen-bond acceptors (Lipinski definition) is 5. The Morgan fingerprint density at radius 3 is 2.27 bits per heavy atom. The van der Waals surface area contributed by atoms with Crippen molar-refractivity contribution in [2.24, 2.45) is 0 Å². The van der Waals surface area contributed by atoms with E-state index in [0.29, 0.717) is 11.5 Å². The van der Waals surface area contributed by atoms with E-state index < -0.39 is 0 Å². The van der Waals surface area contributed by atoms with Gasteiger partial charge in [0.2, 0.25) is 0 Å². The third kappa shape index (κ3) is 4.90. The molecule has 3 heterocycles. The fourth-order valence-electron chi connectivity index (χ4n) is 4.52. The van der Waals surface area contributed by atoms with E-state index in [-0.39, 0.29) is 28.1 Å². The zero-order valence-corrected chi connectivity index (χ0v) is 22.6. The topological polar surface area (TPSA) is 47.5 Å². The van der Waals surface area contributed by atoms with Gasteiger partial charge in [-0.3, -0.25) is 0 Å². The molecule has 0 aliphatic carbocycles. The maximum absolute atomic E-state index is 6.43. The first kappa shape index (κ1) is 24.8. The molecule has 5 nitrogen and oxygen atoms in total. The number of aromatic nitrogens is 2. The van der Waals surface area contributed by atoms with Gasteiger partial charge < -0.3 is 19.2 Å². The molecule has 3 aromatic carbocycles. The minimum atomic E-state index is -0.360. The summed E-state index contributed by atoms with van der Waals surface area (Å²) in [6.45, 7) is 4.21. The van der Waals surface area contributed by atoms with Gasteiger partial charge in [-0.15, -0.1) is 42.0 Å². The van der Waals surface area contributed by atoms with E-state index in [1.807, 2.05) is 66.7 Å². The molecule has 0 amide bonds. The Hall–Kier alpha value is -3.89. The average molecular weight is 662 g/mol. The Kier molecular flexibility index (Phi) is 7.11. The van der Waals surface area contributed by atoms with Crippen LogP contribution in [0.2, 0.25) is 0 Å². The molecule has 6 rings (SSSR count). The van der Waals surface area contributed by atoms with Crippen LogP contribution in [0.25, 0.3) is 11.3 Å². The van der Waals surface area contributed by atoms with Gasteiger partial charge in [0.25, 0.3) is 0 Å². The van der Waals surface area contributed by atoms with E-state index >= 15 is 0 Å². The summed E-state index contributed by atoms with van der Waals surface area (Å²) < 4.78 is 12.6. The molecule has 0 fully saturated rings. The number of hydrogen-bond donors (Lipinski definition) is 0. The molecular weight excluding hydrogens is 640 g/mol. The van der Waals surface area contributed by atoms with Crippen LogP contribution in [0.5, 0.6) is 17.2 Å². The van der Waals surface area contributed by atoms with Crippen molar-refractivity contribution in [3.05, 3.63) is 121 Å². The van der Waals surface area contributed by atoms with Gasteiger partial charge in [-0.05, 0) is 43.2 Å². The van der Waals surface area contributed by atoms with Crippen LogP contribution in [-0.2, 0) is 21.1 Å². The predicted octanol–water partition coefficient (Wildman–Crippen LogP) is 6.08. The summed E-state index contributed by atoms with van der Waals surface area (Å²) >= 11 is 0. The Morgan fingerprint density at radius 1 is 0.757 bits per heavy atom. The summed E-state index contributed by atoms with van der Waals surface area (Å²) in [4.78, 5) is 11.1. The molecular formula is C30H22BN3O2Pt. The first-order valence-corrected chi connectivity index (χ1v) is 11.8. The maximum atomic E-state index is 6.43. The van der Waals surface area contributed by atoms with Crippen molar-refractivity contribution in [2.75, 3.05) is 4.81 Å². The van der Waals surface area contributed by atoms with Gasteiger partial charge in [-0.25, -0.2) is 4.98 Å². The summed E-state index contributed by atoms with van der Waals surface area (Å²) in [5.74, 6) is 2.66. The molecule has 1 aliphatic rings. The van der Waals surface area contributed by atoms with E-state index in [0.717, 1.165) is 45.1 Å². The van der Waals surface area contributed by atoms with E-state index in [4.69, 9.17) is 9.39 Å². The summed E-state index contributed by atoms with van der Waals surface area (Å²) in [5.41, 5.74) is 5.95. The number of aryl methyl sites for hydroxylation is 2. The van der Waals surface area contributed by atoms with Crippen LogP contribution in [0.4, 0.5) is 11.5 Å². The van der Waals surface area contributed by atoms with Crippen molar-refractivity contribution in [1.29, 1.82) is 0 Å². The largest absolute Gasteiger partial charge is 2.00 e. The summed E-state index contributed by atoms with van der Waals surface area (Å²) in [7, 11) is -0.360. The Bertz CT molecular complexity index is 1530. The Morgan fingerprint density at radius 2 is 1.49 bits per heavy atom. The second kappa shape index (κ2) is 10.6. The Balaban J connectivity index is 0.00000280. The van der Waals surface area contributed by atoms with Crippen molar-refractivity contribution < 1.29 is 30.5 Å². The molecule has 0 N–H and O–H groups in total. The third-order valence-corrected chi connectivity index (χ3v) is 6.18. The van der Waals surface area contributed by atoms with Gasteiger partial charge >= 0.3 is 28.1 Å². The molecule has 5 aromatic rings. The van der Waals surface area contributed by atoms with Crippen LogP contribution < -0.4 is 19.7 Å². The first-order chi connectivity index (χ1) is 17.7. The maximum Gasteiger partial charge on any atom is 2.00 e. The van der Waals surface area contributed by atoms with Gasteiger partial charge in [0.05, 0.1) is 0 Å². The van der Waals surface area contributed by atoms with Crippen LogP contribution in [-0.4, -0.2) is 17.0 Å². The number of fused-ring (bicyclic) bond motifs is 1.